The van der Waals surface area contributed by atoms with Crippen LogP contribution in [0.4, 0.5) is 17.1 Å². The maximum atomic E-state index is 2.52. The Morgan fingerprint density at radius 1 is 0.324 bits per heavy atom. The van der Waals surface area contributed by atoms with Crippen LogP contribution >= 0.6 is 0 Å². The fraction of sp³-hybridized carbons (Fsp3) is 0.0882. The Balaban J connectivity index is 0.983. The first-order valence-electron chi connectivity index (χ1n) is 24.9. The minimum absolute atomic E-state index is 0.128. The molecule has 2 aliphatic rings. The second kappa shape index (κ2) is 15.4. The van der Waals surface area contributed by atoms with Gasteiger partial charge in [0.1, 0.15) is 0 Å². The Bertz CT molecular complexity index is 4060. The zero-order valence-corrected chi connectivity index (χ0v) is 40.4. The zero-order valence-electron chi connectivity index (χ0n) is 40.4. The van der Waals surface area contributed by atoms with Gasteiger partial charge in [-0.25, -0.2) is 0 Å². The van der Waals surface area contributed by atoms with Crippen molar-refractivity contribution in [3.8, 4) is 56.0 Å². The number of benzene rings is 10. The summed E-state index contributed by atoms with van der Waals surface area (Å²) in [6.45, 7) is 9.56. The maximum Gasteiger partial charge on any atom is 0.0585 e. The predicted molar refractivity (Wildman–Crippen MR) is 298 cm³/mol. The molecular formula is C68H51N3. The smallest absolute Gasteiger partial charge is 0.0585 e. The van der Waals surface area contributed by atoms with Gasteiger partial charge in [-0.15, -0.1) is 0 Å². The Kier molecular flexibility index (Phi) is 8.98. The van der Waals surface area contributed by atoms with Crippen molar-refractivity contribution in [3.63, 3.8) is 0 Å². The van der Waals surface area contributed by atoms with Crippen LogP contribution in [0.15, 0.2) is 237 Å². The van der Waals surface area contributed by atoms with Crippen LogP contribution in [0.5, 0.6) is 0 Å². The van der Waals surface area contributed by atoms with Gasteiger partial charge in [0.05, 0.1) is 22.2 Å². The number of anilines is 3. The van der Waals surface area contributed by atoms with E-state index in [1.807, 2.05) is 0 Å². The standard InChI is InChI=1S/C68H51N3/c1-67(2)57-26-16-14-24-53(57)54-38-37-52(43-59(54)67)69(49-31-28-46(29-32-49)44-18-8-5-9-19-44)50-33-35-51(36-34-50)70-60-39-30-47(45-20-10-6-11-21-45)42-56(60)63-61(70)40-41-62-64(63)65-66(71(62)48-22-12-7-13-23-48)55-25-15-17-27-58(55)68(65,3)4/h5-43H,1-4H3. The van der Waals surface area contributed by atoms with Crippen molar-refractivity contribution in [2.24, 2.45) is 0 Å². The van der Waals surface area contributed by atoms with Gasteiger partial charge in [0, 0.05) is 61.0 Å². The molecule has 3 heteroatoms. The molecule has 0 bridgehead atoms. The zero-order chi connectivity index (χ0) is 47.6. The molecule has 0 fully saturated rings. The highest BCUT2D eigenvalue weighted by Crippen LogP contribution is 2.56. The first kappa shape index (κ1) is 41.3. The van der Waals surface area contributed by atoms with E-state index in [2.05, 4.69) is 278 Å². The van der Waals surface area contributed by atoms with Crippen LogP contribution in [0.25, 0.3) is 88.7 Å². The monoisotopic (exact) mass is 909 g/mol. The van der Waals surface area contributed by atoms with Crippen molar-refractivity contribution in [1.29, 1.82) is 0 Å². The normalized spacial score (nSPS) is 13.9. The average Bonchev–Trinajstić information content (AvgIpc) is 4.09. The van der Waals surface area contributed by atoms with Crippen molar-refractivity contribution in [2.75, 3.05) is 4.90 Å². The SMILES string of the molecule is CC1(C)c2ccccc2-c2ccc(N(c3ccc(-c4ccccc4)cc3)c3ccc(-n4c5ccc(-c6ccccc6)cc5c5c6c7c(n(-c8ccccc8)c6ccc54)-c4ccccc4C7(C)C)cc3)cc21. The molecule has 3 nitrogen and oxygen atoms in total. The number of aromatic nitrogens is 2. The number of nitrogens with zero attached hydrogens (tertiary/aromatic N) is 3. The van der Waals surface area contributed by atoms with Gasteiger partial charge >= 0.3 is 0 Å². The molecule has 2 heterocycles. The summed E-state index contributed by atoms with van der Waals surface area (Å²) < 4.78 is 5.02. The predicted octanol–water partition coefficient (Wildman–Crippen LogP) is 18.1. The van der Waals surface area contributed by atoms with Crippen molar-refractivity contribution in [3.05, 3.63) is 259 Å². The Morgan fingerprint density at radius 3 is 1.48 bits per heavy atom. The van der Waals surface area contributed by atoms with Crippen LogP contribution in [0, 0.1) is 0 Å². The lowest BCUT2D eigenvalue weighted by Crippen LogP contribution is -2.16. The third-order valence-corrected chi connectivity index (χ3v) is 15.9. The quantitative estimate of drug-likeness (QED) is 0.155. The van der Waals surface area contributed by atoms with E-state index in [1.54, 1.807) is 0 Å². The van der Waals surface area contributed by atoms with Crippen LogP contribution in [0.2, 0.25) is 0 Å². The number of hydrogen-bond donors (Lipinski definition) is 0. The van der Waals surface area contributed by atoms with Gasteiger partial charge in [0.2, 0.25) is 0 Å². The molecule has 2 aliphatic carbocycles. The summed E-state index contributed by atoms with van der Waals surface area (Å²) in [5.41, 5.74) is 24.4. The average molecular weight is 910 g/mol. The molecule has 0 aliphatic heterocycles. The maximum absolute atomic E-state index is 2.52. The summed E-state index contributed by atoms with van der Waals surface area (Å²) in [5, 5.41) is 3.85. The number of fused-ring (bicyclic) bond motifs is 12. The van der Waals surface area contributed by atoms with Crippen LogP contribution in [-0.4, -0.2) is 9.13 Å². The molecule has 14 rings (SSSR count). The van der Waals surface area contributed by atoms with E-state index >= 15 is 0 Å². The minimum Gasteiger partial charge on any atom is -0.310 e. The van der Waals surface area contributed by atoms with Crippen molar-refractivity contribution < 1.29 is 0 Å². The lowest BCUT2D eigenvalue weighted by Gasteiger charge is -2.28. The summed E-state index contributed by atoms with van der Waals surface area (Å²) in [7, 11) is 0. The summed E-state index contributed by atoms with van der Waals surface area (Å²) in [6.07, 6.45) is 0. The molecule has 0 unspecified atom stereocenters. The van der Waals surface area contributed by atoms with E-state index in [1.165, 1.54) is 105 Å². The van der Waals surface area contributed by atoms with Crippen molar-refractivity contribution in [2.45, 2.75) is 38.5 Å². The second-order valence-corrected chi connectivity index (χ2v) is 20.5. The third-order valence-electron chi connectivity index (χ3n) is 15.9. The molecule has 12 aromatic rings. The van der Waals surface area contributed by atoms with E-state index in [0.29, 0.717) is 0 Å². The molecule has 10 aromatic carbocycles. The molecule has 0 saturated carbocycles. The molecule has 0 N–H and O–H groups in total. The summed E-state index contributed by atoms with van der Waals surface area (Å²) in [6, 6.07) is 87.5. The van der Waals surface area contributed by atoms with Crippen LogP contribution in [-0.2, 0) is 10.8 Å². The molecule has 0 saturated heterocycles. The molecule has 338 valence electrons. The largest absolute Gasteiger partial charge is 0.310 e. The fourth-order valence-electron chi connectivity index (χ4n) is 12.5. The van der Waals surface area contributed by atoms with E-state index in [-0.39, 0.29) is 10.8 Å². The highest BCUT2D eigenvalue weighted by atomic mass is 15.1. The number of hydrogen-bond acceptors (Lipinski definition) is 1. The van der Waals surface area contributed by atoms with Gasteiger partial charge in [-0.3, -0.25) is 0 Å². The lowest BCUT2D eigenvalue weighted by atomic mass is 9.81. The van der Waals surface area contributed by atoms with Crippen molar-refractivity contribution >= 4 is 49.8 Å². The molecule has 71 heavy (non-hydrogen) atoms. The Morgan fingerprint density at radius 2 is 0.803 bits per heavy atom. The molecule has 2 aromatic heterocycles. The van der Waals surface area contributed by atoms with E-state index in [0.717, 1.165) is 22.7 Å². The highest BCUT2D eigenvalue weighted by molar-refractivity contribution is 6.24. The van der Waals surface area contributed by atoms with E-state index in [4.69, 9.17) is 0 Å². The van der Waals surface area contributed by atoms with Gasteiger partial charge in [0.25, 0.3) is 0 Å². The first-order chi connectivity index (χ1) is 34.8. The summed E-state index contributed by atoms with van der Waals surface area (Å²) >= 11 is 0. The molecule has 0 amide bonds. The van der Waals surface area contributed by atoms with Gasteiger partial charge in [0.15, 0.2) is 0 Å². The molecule has 0 atom stereocenters. The number of rotatable bonds is 7. The molecule has 0 spiro atoms. The van der Waals surface area contributed by atoms with Crippen molar-refractivity contribution in [1.82, 2.24) is 9.13 Å². The summed E-state index contributed by atoms with van der Waals surface area (Å²) in [5.74, 6) is 0. The van der Waals surface area contributed by atoms with Gasteiger partial charge in [-0.05, 0) is 141 Å². The van der Waals surface area contributed by atoms with Gasteiger partial charge in [-0.1, -0.05) is 179 Å². The first-order valence-corrected chi connectivity index (χ1v) is 24.9. The van der Waals surface area contributed by atoms with E-state index < -0.39 is 0 Å². The highest BCUT2D eigenvalue weighted by Gasteiger charge is 2.42. The van der Waals surface area contributed by atoms with Gasteiger partial charge in [-0.2, -0.15) is 0 Å². The summed E-state index contributed by atoms with van der Waals surface area (Å²) in [4.78, 5) is 2.43. The Labute approximate surface area is 415 Å². The van der Waals surface area contributed by atoms with Crippen LogP contribution in [0.1, 0.15) is 49.9 Å². The molecular weight excluding hydrogens is 859 g/mol. The number of para-hydroxylation sites is 1. The van der Waals surface area contributed by atoms with Gasteiger partial charge < -0.3 is 14.0 Å². The third kappa shape index (κ3) is 6.09. The van der Waals surface area contributed by atoms with Crippen LogP contribution < -0.4 is 4.90 Å². The molecule has 0 radical (unpaired) electrons. The topological polar surface area (TPSA) is 13.1 Å². The second-order valence-electron chi connectivity index (χ2n) is 20.5. The Hall–Kier alpha value is -8.66. The van der Waals surface area contributed by atoms with E-state index in [9.17, 15) is 0 Å². The van der Waals surface area contributed by atoms with Crippen LogP contribution in [0.3, 0.4) is 0 Å². The fourth-order valence-corrected chi connectivity index (χ4v) is 12.5. The minimum atomic E-state index is -0.232. The lowest BCUT2D eigenvalue weighted by molar-refractivity contribution is 0.660.